The molecule has 0 saturated heterocycles. The van der Waals surface area contributed by atoms with Crippen molar-refractivity contribution >= 4 is 28.8 Å². The zero-order valence-electron chi connectivity index (χ0n) is 14.0. The highest BCUT2D eigenvalue weighted by Gasteiger charge is 2.17. The van der Waals surface area contributed by atoms with E-state index < -0.39 is 0 Å². The SMILES string of the molecule is Clc1ccc(C[n+]2ccn3cccc(OCc4ccccc4)c32)c(Cl)c1. The molecule has 26 heavy (non-hydrogen) atoms. The Morgan fingerprint density at radius 2 is 1.77 bits per heavy atom. The van der Waals surface area contributed by atoms with Crippen LogP contribution in [0, 0.1) is 0 Å². The van der Waals surface area contributed by atoms with Gasteiger partial charge in [-0.3, -0.25) is 0 Å². The molecular formula is C21H17Cl2N2O+. The zero-order valence-corrected chi connectivity index (χ0v) is 15.5. The lowest BCUT2D eigenvalue weighted by Gasteiger charge is -2.07. The van der Waals surface area contributed by atoms with Crippen LogP contribution in [0.25, 0.3) is 5.65 Å². The van der Waals surface area contributed by atoms with Crippen molar-refractivity contribution in [3.8, 4) is 5.75 Å². The van der Waals surface area contributed by atoms with Crippen LogP contribution in [0.15, 0.2) is 79.3 Å². The van der Waals surface area contributed by atoms with E-state index in [1.54, 1.807) is 6.07 Å². The third kappa shape index (κ3) is 3.55. The summed E-state index contributed by atoms with van der Waals surface area (Å²) in [6, 6.07) is 19.7. The van der Waals surface area contributed by atoms with Gasteiger partial charge in [0, 0.05) is 15.6 Å². The second kappa shape index (κ2) is 7.40. The summed E-state index contributed by atoms with van der Waals surface area (Å²) >= 11 is 12.3. The van der Waals surface area contributed by atoms with Crippen molar-refractivity contribution < 1.29 is 9.30 Å². The summed E-state index contributed by atoms with van der Waals surface area (Å²) in [5.74, 6) is 0.825. The summed E-state index contributed by atoms with van der Waals surface area (Å²) in [5.41, 5.74) is 3.12. The highest BCUT2D eigenvalue weighted by molar-refractivity contribution is 6.35. The third-order valence-corrected chi connectivity index (χ3v) is 4.82. The second-order valence-electron chi connectivity index (χ2n) is 6.04. The first-order chi connectivity index (χ1) is 12.7. The monoisotopic (exact) mass is 383 g/mol. The number of aromatic nitrogens is 2. The fourth-order valence-corrected chi connectivity index (χ4v) is 3.41. The number of hydrogen-bond acceptors (Lipinski definition) is 1. The van der Waals surface area contributed by atoms with Crippen LogP contribution in [0.1, 0.15) is 11.1 Å². The third-order valence-electron chi connectivity index (χ3n) is 4.23. The minimum atomic E-state index is 0.521. The molecule has 130 valence electrons. The molecule has 0 saturated carbocycles. The van der Waals surface area contributed by atoms with Gasteiger partial charge in [0.15, 0.2) is 0 Å². The van der Waals surface area contributed by atoms with E-state index in [0.29, 0.717) is 23.2 Å². The highest BCUT2D eigenvalue weighted by Crippen LogP contribution is 2.22. The molecule has 4 aromatic rings. The molecule has 0 amide bonds. The van der Waals surface area contributed by atoms with Crippen LogP contribution in [0.5, 0.6) is 5.75 Å². The molecule has 0 bridgehead atoms. The number of halogens is 2. The Labute approximate surface area is 162 Å². The molecule has 0 unspecified atom stereocenters. The van der Waals surface area contributed by atoms with Gasteiger partial charge in [0.25, 0.3) is 0 Å². The molecule has 0 N–H and O–H groups in total. The quantitative estimate of drug-likeness (QED) is 0.435. The summed E-state index contributed by atoms with van der Waals surface area (Å²) in [4.78, 5) is 0. The number of ether oxygens (including phenoxy) is 1. The fraction of sp³-hybridized carbons (Fsp3) is 0.0952. The lowest BCUT2D eigenvalue weighted by Crippen LogP contribution is -2.33. The Bertz CT molecular complexity index is 1040. The zero-order chi connectivity index (χ0) is 17.9. The standard InChI is InChI=1S/C21H17Cl2N2O/c22-18-9-8-17(19(23)13-18)14-25-12-11-24-10-4-7-20(21(24)25)26-15-16-5-2-1-3-6-16/h1-13H,14-15H2/q+1. The molecule has 0 atom stereocenters. The predicted molar refractivity (Wildman–Crippen MR) is 104 cm³/mol. The van der Waals surface area contributed by atoms with E-state index in [-0.39, 0.29) is 0 Å². The molecule has 5 heteroatoms. The molecule has 2 aromatic carbocycles. The van der Waals surface area contributed by atoms with Gasteiger partial charge in [-0.1, -0.05) is 59.6 Å². The molecule has 2 heterocycles. The van der Waals surface area contributed by atoms with Crippen molar-refractivity contribution in [3.63, 3.8) is 0 Å². The Morgan fingerprint density at radius 1 is 0.923 bits per heavy atom. The van der Waals surface area contributed by atoms with Crippen LogP contribution in [0.2, 0.25) is 10.0 Å². The molecular weight excluding hydrogens is 367 g/mol. The van der Waals surface area contributed by atoms with Crippen LogP contribution in [-0.2, 0) is 13.2 Å². The predicted octanol–water partition coefficient (Wildman–Crippen LogP) is 5.16. The van der Waals surface area contributed by atoms with E-state index in [9.17, 15) is 0 Å². The van der Waals surface area contributed by atoms with Gasteiger partial charge in [-0.25, -0.2) is 4.57 Å². The maximum absolute atomic E-state index is 6.34. The van der Waals surface area contributed by atoms with Gasteiger partial charge < -0.3 is 4.74 Å². The van der Waals surface area contributed by atoms with Gasteiger partial charge in [0.2, 0.25) is 5.75 Å². The minimum absolute atomic E-state index is 0.521. The van der Waals surface area contributed by atoms with E-state index in [1.807, 2.05) is 65.5 Å². The maximum Gasteiger partial charge on any atom is 0.329 e. The van der Waals surface area contributed by atoms with Crippen molar-refractivity contribution in [2.45, 2.75) is 13.2 Å². The minimum Gasteiger partial charge on any atom is -0.481 e. The van der Waals surface area contributed by atoms with Crippen molar-refractivity contribution in [2.75, 3.05) is 0 Å². The van der Waals surface area contributed by atoms with Crippen LogP contribution in [0.3, 0.4) is 0 Å². The average Bonchev–Trinajstić information content (AvgIpc) is 3.07. The molecule has 3 nitrogen and oxygen atoms in total. The summed E-state index contributed by atoms with van der Waals surface area (Å²) in [6.07, 6.45) is 6.04. The lowest BCUT2D eigenvalue weighted by atomic mass is 10.2. The second-order valence-corrected chi connectivity index (χ2v) is 6.88. The number of fused-ring (bicyclic) bond motifs is 1. The summed E-state index contributed by atoms with van der Waals surface area (Å²) < 4.78 is 10.3. The Hall–Kier alpha value is -2.49. The Balaban J connectivity index is 1.65. The first-order valence-electron chi connectivity index (χ1n) is 8.30. The van der Waals surface area contributed by atoms with Gasteiger partial charge >= 0.3 is 5.65 Å². The van der Waals surface area contributed by atoms with Crippen molar-refractivity contribution in [2.24, 2.45) is 0 Å². The number of benzene rings is 2. The van der Waals surface area contributed by atoms with Gasteiger partial charge in [-0.05, 0) is 29.8 Å². The first kappa shape index (κ1) is 17.0. The van der Waals surface area contributed by atoms with Crippen LogP contribution < -0.4 is 9.30 Å². The smallest absolute Gasteiger partial charge is 0.329 e. The maximum atomic E-state index is 6.34. The Kier molecular flexibility index (Phi) is 4.83. The topological polar surface area (TPSA) is 17.5 Å². The largest absolute Gasteiger partial charge is 0.481 e. The molecule has 0 fully saturated rings. The van der Waals surface area contributed by atoms with Crippen molar-refractivity contribution in [3.05, 3.63) is 100 Å². The summed E-state index contributed by atoms with van der Waals surface area (Å²) in [7, 11) is 0. The number of pyridine rings is 1. The summed E-state index contributed by atoms with van der Waals surface area (Å²) in [5, 5.41) is 1.30. The normalized spacial score (nSPS) is 11.0. The molecule has 0 aliphatic heterocycles. The molecule has 0 aliphatic rings. The van der Waals surface area contributed by atoms with E-state index in [4.69, 9.17) is 27.9 Å². The number of rotatable bonds is 5. The van der Waals surface area contributed by atoms with Gasteiger partial charge in [0.1, 0.15) is 25.5 Å². The van der Waals surface area contributed by atoms with E-state index in [2.05, 4.69) is 16.7 Å². The van der Waals surface area contributed by atoms with E-state index in [0.717, 1.165) is 22.5 Å². The van der Waals surface area contributed by atoms with Crippen molar-refractivity contribution in [1.82, 2.24) is 4.40 Å². The fourth-order valence-electron chi connectivity index (χ4n) is 2.94. The molecule has 0 aliphatic carbocycles. The molecule has 2 aromatic heterocycles. The Morgan fingerprint density at radius 3 is 2.58 bits per heavy atom. The number of imidazole rings is 1. The van der Waals surface area contributed by atoms with Crippen LogP contribution in [-0.4, -0.2) is 4.40 Å². The summed E-state index contributed by atoms with van der Waals surface area (Å²) in [6.45, 7) is 1.16. The number of hydrogen-bond donors (Lipinski definition) is 0. The van der Waals surface area contributed by atoms with Crippen molar-refractivity contribution in [1.29, 1.82) is 0 Å². The average molecular weight is 384 g/mol. The van der Waals surface area contributed by atoms with Gasteiger partial charge in [0.05, 0.1) is 6.20 Å². The number of nitrogens with zero attached hydrogens (tertiary/aromatic N) is 2. The van der Waals surface area contributed by atoms with E-state index in [1.165, 1.54) is 0 Å². The molecule has 0 radical (unpaired) electrons. The van der Waals surface area contributed by atoms with Gasteiger partial charge in [-0.15, -0.1) is 0 Å². The molecule has 0 spiro atoms. The first-order valence-corrected chi connectivity index (χ1v) is 9.06. The molecule has 4 rings (SSSR count). The van der Waals surface area contributed by atoms with Crippen LogP contribution in [0.4, 0.5) is 0 Å². The van der Waals surface area contributed by atoms with Crippen LogP contribution >= 0.6 is 23.2 Å². The lowest BCUT2D eigenvalue weighted by molar-refractivity contribution is -0.662. The van der Waals surface area contributed by atoms with Gasteiger partial charge in [-0.2, -0.15) is 4.40 Å². The highest BCUT2D eigenvalue weighted by atomic mass is 35.5. The van der Waals surface area contributed by atoms with E-state index >= 15 is 0 Å².